The van der Waals surface area contributed by atoms with Crippen molar-refractivity contribution in [3.05, 3.63) is 253 Å². The number of benzene rings is 10. The Morgan fingerprint density at radius 1 is 0.362 bits per heavy atom. The van der Waals surface area contributed by atoms with Gasteiger partial charge in [-0.3, -0.25) is 0 Å². The number of para-hydroxylation sites is 1. The Hall–Kier alpha value is -8.20. The zero-order valence-corrected chi connectivity index (χ0v) is 39.7. The van der Waals surface area contributed by atoms with Gasteiger partial charge in [-0.25, -0.2) is 0 Å². The van der Waals surface area contributed by atoms with Crippen LogP contribution >= 0.6 is 0 Å². The molecule has 1 aliphatic carbocycles. The zero-order chi connectivity index (χ0) is 46.6. The molecule has 0 atom stereocenters. The predicted molar refractivity (Wildman–Crippen MR) is 294 cm³/mol. The fourth-order valence-electron chi connectivity index (χ4n) is 10.9. The van der Waals surface area contributed by atoms with E-state index in [4.69, 9.17) is 0 Å². The van der Waals surface area contributed by atoms with Crippen LogP contribution in [-0.2, 0) is 18.3 Å². The maximum absolute atomic E-state index is 2.44. The minimum Gasteiger partial charge on any atom is -0.310 e. The smallest absolute Gasteiger partial charge is 0.0541 e. The van der Waals surface area contributed by atoms with E-state index >= 15 is 0 Å². The van der Waals surface area contributed by atoms with Gasteiger partial charge in [0.05, 0.1) is 16.7 Å². The molecule has 0 N–H and O–H groups in total. The Balaban J connectivity index is 0.873. The minimum atomic E-state index is -0.122. The molecule has 0 fully saturated rings. The van der Waals surface area contributed by atoms with Crippen molar-refractivity contribution in [1.29, 1.82) is 0 Å². The van der Waals surface area contributed by atoms with E-state index in [2.05, 4.69) is 268 Å². The van der Waals surface area contributed by atoms with E-state index in [1.807, 2.05) is 0 Å². The van der Waals surface area contributed by atoms with E-state index in [-0.39, 0.29) is 5.41 Å². The highest BCUT2D eigenvalue weighted by Crippen LogP contribution is 2.51. The Labute approximate surface area is 406 Å². The summed E-state index contributed by atoms with van der Waals surface area (Å²) in [5.74, 6) is 0. The molecule has 12 rings (SSSR count). The van der Waals surface area contributed by atoms with Gasteiger partial charge in [0.1, 0.15) is 0 Å². The van der Waals surface area contributed by atoms with Gasteiger partial charge in [-0.15, -0.1) is 0 Å². The summed E-state index contributed by atoms with van der Waals surface area (Å²) in [7, 11) is 0. The van der Waals surface area contributed by atoms with Gasteiger partial charge in [0.15, 0.2) is 0 Å². The average molecular weight is 887 g/mol. The molecular formula is C67H54N2. The topological polar surface area (TPSA) is 8.17 Å². The van der Waals surface area contributed by atoms with Crippen LogP contribution in [0.2, 0.25) is 0 Å². The summed E-state index contributed by atoms with van der Waals surface area (Å²) >= 11 is 0. The fraction of sp³-hybridized carbons (Fsp3) is 0.104. The lowest BCUT2D eigenvalue weighted by Gasteiger charge is -2.30. The average Bonchev–Trinajstić information content (AvgIpc) is 3.86. The summed E-state index contributed by atoms with van der Waals surface area (Å²) in [5, 5.41) is 2.65. The fourth-order valence-corrected chi connectivity index (χ4v) is 10.9. The third-order valence-corrected chi connectivity index (χ3v) is 14.8. The van der Waals surface area contributed by atoms with E-state index in [9.17, 15) is 0 Å². The van der Waals surface area contributed by atoms with Crippen LogP contribution in [0.15, 0.2) is 231 Å². The maximum Gasteiger partial charge on any atom is 0.0541 e. The molecule has 11 aromatic rings. The molecule has 0 saturated carbocycles. The van der Waals surface area contributed by atoms with Crippen molar-refractivity contribution in [1.82, 2.24) is 4.57 Å². The van der Waals surface area contributed by atoms with Gasteiger partial charge in [0.2, 0.25) is 0 Å². The second-order valence-electron chi connectivity index (χ2n) is 19.1. The van der Waals surface area contributed by atoms with Crippen molar-refractivity contribution in [2.24, 2.45) is 0 Å². The zero-order valence-electron chi connectivity index (χ0n) is 39.7. The van der Waals surface area contributed by atoms with Gasteiger partial charge >= 0.3 is 0 Å². The highest BCUT2D eigenvalue weighted by Gasteiger charge is 2.36. The number of anilines is 3. The molecule has 1 heterocycles. The molecular weight excluding hydrogens is 833 g/mol. The molecule has 2 nitrogen and oxygen atoms in total. The quantitative estimate of drug-likeness (QED) is 0.133. The van der Waals surface area contributed by atoms with Crippen LogP contribution in [0.4, 0.5) is 17.1 Å². The second-order valence-corrected chi connectivity index (χ2v) is 19.1. The molecule has 0 spiro atoms. The predicted octanol–water partition coefficient (Wildman–Crippen LogP) is 18.4. The van der Waals surface area contributed by atoms with E-state index in [0.29, 0.717) is 0 Å². The Morgan fingerprint density at radius 2 is 0.812 bits per heavy atom. The first-order valence-corrected chi connectivity index (χ1v) is 24.5. The van der Waals surface area contributed by atoms with Gasteiger partial charge in [-0.2, -0.15) is 0 Å². The first-order chi connectivity index (χ1) is 33.9. The summed E-state index contributed by atoms with van der Waals surface area (Å²) in [4.78, 5) is 2.44. The van der Waals surface area contributed by atoms with Gasteiger partial charge in [-0.1, -0.05) is 191 Å². The van der Waals surface area contributed by atoms with Crippen molar-refractivity contribution in [3.63, 3.8) is 0 Å². The Bertz CT molecular complexity index is 3610. The van der Waals surface area contributed by atoms with Crippen LogP contribution in [0.3, 0.4) is 0 Å². The maximum atomic E-state index is 2.44. The number of hydrogen-bond acceptors (Lipinski definition) is 1. The molecule has 332 valence electrons. The molecule has 10 aromatic carbocycles. The Morgan fingerprint density at radius 3 is 1.39 bits per heavy atom. The van der Waals surface area contributed by atoms with E-state index in [1.165, 1.54) is 105 Å². The van der Waals surface area contributed by atoms with Crippen molar-refractivity contribution in [3.8, 4) is 61.3 Å². The third-order valence-electron chi connectivity index (χ3n) is 14.8. The van der Waals surface area contributed by atoms with Crippen molar-refractivity contribution in [2.45, 2.75) is 46.0 Å². The number of aromatic nitrogens is 1. The molecule has 0 bridgehead atoms. The monoisotopic (exact) mass is 886 g/mol. The van der Waals surface area contributed by atoms with Crippen LogP contribution in [0.1, 0.15) is 49.9 Å². The summed E-state index contributed by atoms with van der Waals surface area (Å²) in [6, 6.07) is 85.5. The van der Waals surface area contributed by atoms with E-state index in [1.54, 1.807) is 0 Å². The third kappa shape index (κ3) is 7.36. The summed E-state index contributed by atoms with van der Waals surface area (Å²) < 4.78 is 2.42. The lowest BCUT2D eigenvalue weighted by Crippen LogP contribution is -2.16. The largest absolute Gasteiger partial charge is 0.310 e. The first-order valence-electron chi connectivity index (χ1n) is 24.5. The minimum absolute atomic E-state index is 0.122. The van der Waals surface area contributed by atoms with E-state index in [0.717, 1.165) is 29.9 Å². The molecule has 1 aliphatic rings. The molecule has 1 aromatic heterocycles. The standard InChI is InChI=1S/C67H54N2/c1-5-45-20-40-65-60(42-45)61-43-46(6-2)21-41-66(61)69(65)55-36-32-52(33-37-55)50-24-22-49(23-25-50)51-30-34-54(35-31-51)68(56-38-39-59-58-17-10-12-18-62(58)67(3,4)63(59)44-56)64-19-13-11-16-57(64)53-28-26-48(27-29-53)47-14-8-7-9-15-47/h7-44H,5-6H2,1-4H3. The summed E-state index contributed by atoms with van der Waals surface area (Å²) in [5.41, 5.74) is 24.6. The Kier molecular flexibility index (Phi) is 10.5. The van der Waals surface area contributed by atoms with Gasteiger partial charge < -0.3 is 9.47 Å². The lowest BCUT2D eigenvalue weighted by molar-refractivity contribution is 0.660. The number of aryl methyl sites for hydroxylation is 2. The molecule has 0 amide bonds. The normalized spacial score (nSPS) is 12.6. The van der Waals surface area contributed by atoms with Crippen LogP contribution in [0.5, 0.6) is 0 Å². The van der Waals surface area contributed by atoms with Crippen molar-refractivity contribution < 1.29 is 0 Å². The van der Waals surface area contributed by atoms with Crippen molar-refractivity contribution in [2.75, 3.05) is 4.90 Å². The van der Waals surface area contributed by atoms with Crippen LogP contribution in [0, 0.1) is 0 Å². The molecule has 0 radical (unpaired) electrons. The van der Waals surface area contributed by atoms with Gasteiger partial charge in [0.25, 0.3) is 0 Å². The van der Waals surface area contributed by atoms with E-state index < -0.39 is 0 Å². The molecule has 0 aliphatic heterocycles. The number of fused-ring (bicyclic) bond motifs is 6. The highest BCUT2D eigenvalue weighted by molar-refractivity contribution is 6.10. The van der Waals surface area contributed by atoms with Gasteiger partial charge in [-0.05, 0) is 152 Å². The lowest BCUT2D eigenvalue weighted by atomic mass is 9.82. The van der Waals surface area contributed by atoms with Gasteiger partial charge in [0, 0.05) is 38.8 Å². The molecule has 69 heavy (non-hydrogen) atoms. The number of hydrogen-bond donors (Lipinski definition) is 0. The van der Waals surface area contributed by atoms with Crippen LogP contribution < -0.4 is 4.90 Å². The van der Waals surface area contributed by atoms with Crippen molar-refractivity contribution >= 4 is 38.9 Å². The molecule has 2 heteroatoms. The molecule has 0 saturated heterocycles. The summed E-state index contributed by atoms with van der Waals surface area (Å²) in [6.07, 6.45) is 2.05. The SMILES string of the molecule is CCc1ccc2c(c1)c1cc(CC)ccc1n2-c1ccc(-c2ccc(-c3ccc(N(c4ccc5c(c4)C(C)(C)c4ccccc4-5)c4ccccc4-c4ccc(-c5ccccc5)cc4)cc3)cc2)cc1. The number of rotatable bonds is 10. The summed E-state index contributed by atoms with van der Waals surface area (Å²) in [6.45, 7) is 9.19. The van der Waals surface area contributed by atoms with Crippen LogP contribution in [0.25, 0.3) is 83.1 Å². The first kappa shape index (κ1) is 42.2. The molecule has 0 unspecified atom stereocenters. The number of nitrogens with zero attached hydrogens (tertiary/aromatic N) is 2. The highest BCUT2D eigenvalue weighted by atomic mass is 15.1. The second kappa shape index (κ2) is 17.1. The van der Waals surface area contributed by atoms with Crippen LogP contribution in [-0.4, -0.2) is 4.57 Å².